The Morgan fingerprint density at radius 3 is 2.32 bits per heavy atom. The summed E-state index contributed by atoms with van der Waals surface area (Å²) in [5.74, 6) is -1.26. The highest BCUT2D eigenvalue weighted by atomic mass is 16.5. The van der Waals surface area contributed by atoms with Crippen LogP contribution in [0.4, 0.5) is 5.69 Å². The fourth-order valence-corrected chi connectivity index (χ4v) is 4.47. The van der Waals surface area contributed by atoms with Crippen molar-refractivity contribution in [3.63, 3.8) is 0 Å². The number of hydrogen-bond acceptors (Lipinski definition) is 7. The molecule has 8 heteroatoms. The van der Waals surface area contributed by atoms with Crippen molar-refractivity contribution in [1.29, 1.82) is 0 Å². The SMILES string of the molecule is CCOC(=O)c1cccc(N2C(=O)C(=O)/C(=C(/O)c3ccc(OCC)c(C)c3)C2c2ccc(OC)cc2)c1. The van der Waals surface area contributed by atoms with Crippen LogP contribution in [0.15, 0.2) is 72.3 Å². The van der Waals surface area contributed by atoms with Crippen LogP contribution in [-0.4, -0.2) is 43.1 Å². The molecule has 1 aliphatic heterocycles. The van der Waals surface area contributed by atoms with Crippen molar-refractivity contribution in [3.05, 3.63) is 94.6 Å². The lowest BCUT2D eigenvalue weighted by Crippen LogP contribution is -2.29. The van der Waals surface area contributed by atoms with Crippen LogP contribution in [0.5, 0.6) is 11.5 Å². The van der Waals surface area contributed by atoms with Crippen molar-refractivity contribution in [3.8, 4) is 11.5 Å². The van der Waals surface area contributed by atoms with Gasteiger partial charge in [0.2, 0.25) is 0 Å². The Balaban J connectivity index is 1.89. The van der Waals surface area contributed by atoms with Gasteiger partial charge >= 0.3 is 5.97 Å². The summed E-state index contributed by atoms with van der Waals surface area (Å²) < 4.78 is 16.0. The van der Waals surface area contributed by atoms with Gasteiger partial charge in [0.05, 0.1) is 37.5 Å². The quantitative estimate of drug-likeness (QED) is 0.190. The van der Waals surface area contributed by atoms with Crippen molar-refractivity contribution in [2.45, 2.75) is 26.8 Å². The number of rotatable bonds is 8. The van der Waals surface area contributed by atoms with Crippen LogP contribution in [-0.2, 0) is 14.3 Å². The average molecular weight is 516 g/mol. The number of aliphatic hydroxyl groups is 1. The first kappa shape index (κ1) is 26.5. The number of esters is 1. The third-order valence-corrected chi connectivity index (χ3v) is 6.26. The predicted molar refractivity (Wildman–Crippen MR) is 143 cm³/mol. The molecule has 196 valence electrons. The molecule has 4 rings (SSSR count). The Labute approximate surface area is 221 Å². The van der Waals surface area contributed by atoms with Gasteiger partial charge in [0, 0.05) is 11.3 Å². The van der Waals surface area contributed by atoms with Crippen LogP contribution >= 0.6 is 0 Å². The van der Waals surface area contributed by atoms with E-state index >= 15 is 0 Å². The third kappa shape index (κ3) is 4.98. The van der Waals surface area contributed by atoms with Gasteiger partial charge in [-0.15, -0.1) is 0 Å². The Hall–Kier alpha value is -4.59. The van der Waals surface area contributed by atoms with Gasteiger partial charge in [0.15, 0.2) is 0 Å². The number of nitrogens with zero attached hydrogens (tertiary/aromatic N) is 1. The second-order valence-corrected chi connectivity index (χ2v) is 8.63. The lowest BCUT2D eigenvalue weighted by molar-refractivity contribution is -0.132. The van der Waals surface area contributed by atoms with Gasteiger partial charge in [0.1, 0.15) is 17.3 Å². The minimum Gasteiger partial charge on any atom is -0.507 e. The first-order valence-corrected chi connectivity index (χ1v) is 12.3. The molecular formula is C30H29NO7. The zero-order valence-electron chi connectivity index (χ0n) is 21.7. The molecule has 0 bridgehead atoms. The zero-order chi connectivity index (χ0) is 27.4. The van der Waals surface area contributed by atoms with Gasteiger partial charge in [0.25, 0.3) is 11.7 Å². The van der Waals surface area contributed by atoms with E-state index in [1.54, 1.807) is 67.6 Å². The Bertz CT molecular complexity index is 1410. The summed E-state index contributed by atoms with van der Waals surface area (Å²) in [6.07, 6.45) is 0. The number of ether oxygens (including phenoxy) is 3. The first-order valence-electron chi connectivity index (χ1n) is 12.3. The summed E-state index contributed by atoms with van der Waals surface area (Å²) in [7, 11) is 1.54. The van der Waals surface area contributed by atoms with E-state index in [0.717, 1.165) is 5.56 Å². The number of carbonyl (C=O) groups is 3. The molecule has 1 heterocycles. The van der Waals surface area contributed by atoms with E-state index in [-0.39, 0.29) is 23.5 Å². The molecule has 0 saturated carbocycles. The number of ketones is 1. The van der Waals surface area contributed by atoms with E-state index in [1.807, 2.05) is 13.8 Å². The number of hydrogen-bond donors (Lipinski definition) is 1. The molecule has 3 aromatic rings. The maximum Gasteiger partial charge on any atom is 0.338 e. The largest absolute Gasteiger partial charge is 0.507 e. The van der Waals surface area contributed by atoms with E-state index in [0.29, 0.717) is 34.9 Å². The summed E-state index contributed by atoms with van der Waals surface area (Å²) in [6, 6.07) is 17.3. The van der Waals surface area contributed by atoms with E-state index in [1.165, 1.54) is 18.1 Å². The van der Waals surface area contributed by atoms with E-state index in [2.05, 4.69) is 0 Å². The first-order chi connectivity index (χ1) is 18.3. The van der Waals surface area contributed by atoms with Crippen LogP contribution < -0.4 is 14.4 Å². The van der Waals surface area contributed by atoms with Crippen LogP contribution in [0.2, 0.25) is 0 Å². The molecule has 1 fully saturated rings. The Kier molecular flexibility index (Phi) is 7.81. The van der Waals surface area contributed by atoms with E-state index in [9.17, 15) is 19.5 Å². The van der Waals surface area contributed by atoms with Crippen LogP contribution in [0.1, 0.15) is 46.9 Å². The minimum atomic E-state index is -0.953. The number of amides is 1. The molecule has 0 aliphatic carbocycles. The van der Waals surface area contributed by atoms with Crippen molar-refractivity contribution < 1.29 is 33.7 Å². The highest BCUT2D eigenvalue weighted by Gasteiger charge is 2.47. The number of aliphatic hydroxyl groups excluding tert-OH is 1. The third-order valence-electron chi connectivity index (χ3n) is 6.26. The molecule has 1 amide bonds. The molecule has 1 unspecified atom stereocenters. The fraction of sp³-hybridized carbons (Fsp3) is 0.233. The van der Waals surface area contributed by atoms with Crippen LogP contribution in [0.3, 0.4) is 0 Å². The number of anilines is 1. The second kappa shape index (κ2) is 11.2. The van der Waals surface area contributed by atoms with Gasteiger partial charge in [-0.25, -0.2) is 4.79 Å². The molecule has 38 heavy (non-hydrogen) atoms. The van der Waals surface area contributed by atoms with E-state index in [4.69, 9.17) is 14.2 Å². The number of benzene rings is 3. The smallest absolute Gasteiger partial charge is 0.338 e. The summed E-state index contributed by atoms with van der Waals surface area (Å²) in [6.45, 7) is 6.09. The standard InChI is InChI=1S/C30H29NO7/c1-5-37-24-15-12-20(16-18(24)3)27(32)25-26(19-10-13-23(36-4)14-11-19)31(29(34)28(25)33)22-9-7-8-21(17-22)30(35)38-6-2/h7-17,26,32H,5-6H2,1-4H3/b27-25+. The highest BCUT2D eigenvalue weighted by Crippen LogP contribution is 2.43. The van der Waals surface area contributed by atoms with Gasteiger partial charge < -0.3 is 19.3 Å². The highest BCUT2D eigenvalue weighted by molar-refractivity contribution is 6.51. The maximum absolute atomic E-state index is 13.4. The summed E-state index contributed by atoms with van der Waals surface area (Å²) in [5.41, 5.74) is 2.22. The zero-order valence-corrected chi connectivity index (χ0v) is 21.7. The predicted octanol–water partition coefficient (Wildman–Crippen LogP) is 5.21. The molecular weight excluding hydrogens is 486 g/mol. The maximum atomic E-state index is 13.4. The molecule has 0 radical (unpaired) electrons. The molecule has 0 aromatic heterocycles. The summed E-state index contributed by atoms with van der Waals surface area (Å²) in [4.78, 5) is 40.5. The van der Waals surface area contributed by atoms with Crippen molar-refractivity contribution >= 4 is 29.1 Å². The summed E-state index contributed by atoms with van der Waals surface area (Å²) >= 11 is 0. The van der Waals surface area contributed by atoms with Gasteiger partial charge in [-0.2, -0.15) is 0 Å². The number of carbonyl (C=O) groups excluding carboxylic acids is 3. The molecule has 3 aromatic carbocycles. The van der Waals surface area contributed by atoms with E-state index < -0.39 is 23.7 Å². The molecule has 1 atom stereocenters. The monoisotopic (exact) mass is 515 g/mol. The topological polar surface area (TPSA) is 102 Å². The lowest BCUT2D eigenvalue weighted by Gasteiger charge is -2.26. The molecule has 0 spiro atoms. The van der Waals surface area contributed by atoms with Gasteiger partial charge in [-0.1, -0.05) is 18.2 Å². The molecule has 1 aliphatic rings. The summed E-state index contributed by atoms with van der Waals surface area (Å²) in [5, 5.41) is 11.4. The van der Waals surface area contributed by atoms with Gasteiger partial charge in [-0.05, 0) is 80.4 Å². The molecule has 1 saturated heterocycles. The number of methoxy groups -OCH3 is 1. The fourth-order valence-electron chi connectivity index (χ4n) is 4.47. The Morgan fingerprint density at radius 2 is 1.68 bits per heavy atom. The number of Topliss-reactive ketones (excluding diaryl/α,β-unsaturated/α-hetero) is 1. The lowest BCUT2D eigenvalue weighted by atomic mass is 9.94. The van der Waals surface area contributed by atoms with Crippen LogP contribution in [0.25, 0.3) is 5.76 Å². The minimum absolute atomic E-state index is 0.0646. The second-order valence-electron chi connectivity index (χ2n) is 8.63. The normalized spacial score (nSPS) is 16.4. The van der Waals surface area contributed by atoms with Crippen LogP contribution in [0, 0.1) is 6.92 Å². The molecule has 8 nitrogen and oxygen atoms in total. The average Bonchev–Trinajstić information content (AvgIpc) is 3.19. The van der Waals surface area contributed by atoms with Crippen molar-refractivity contribution in [2.75, 3.05) is 25.2 Å². The van der Waals surface area contributed by atoms with Gasteiger partial charge in [-0.3, -0.25) is 14.5 Å². The molecule has 1 N–H and O–H groups in total. The number of aryl methyl sites for hydroxylation is 1. The van der Waals surface area contributed by atoms with Crippen molar-refractivity contribution in [1.82, 2.24) is 0 Å². The Morgan fingerprint density at radius 1 is 0.947 bits per heavy atom. The van der Waals surface area contributed by atoms with Crippen molar-refractivity contribution in [2.24, 2.45) is 0 Å².